The van der Waals surface area contributed by atoms with E-state index in [2.05, 4.69) is 92.9 Å². The molecule has 0 aliphatic carbocycles. The number of ether oxygens (including phenoxy) is 2. The van der Waals surface area contributed by atoms with Gasteiger partial charge in [0, 0.05) is 6.54 Å². The lowest BCUT2D eigenvalue weighted by atomic mass is 10.0. The van der Waals surface area contributed by atoms with Gasteiger partial charge in [0.1, 0.15) is 23.9 Å². The minimum atomic E-state index is 0.456. The average Bonchev–Trinajstić information content (AvgIpc) is 3.17. The van der Waals surface area contributed by atoms with Crippen LogP contribution in [-0.2, 0) is 13.2 Å². The van der Waals surface area contributed by atoms with Crippen molar-refractivity contribution in [2.75, 3.05) is 6.61 Å². The zero-order valence-corrected chi connectivity index (χ0v) is 20.2. The second kappa shape index (κ2) is 10.6. The van der Waals surface area contributed by atoms with Gasteiger partial charge in [-0.15, -0.1) is 0 Å². The highest BCUT2D eigenvalue weighted by Gasteiger charge is 2.12. The van der Waals surface area contributed by atoms with E-state index in [9.17, 15) is 0 Å². The number of para-hydroxylation sites is 2. The van der Waals surface area contributed by atoms with Crippen LogP contribution in [0.15, 0.2) is 66.7 Å². The van der Waals surface area contributed by atoms with Crippen molar-refractivity contribution in [2.45, 2.75) is 59.6 Å². The Bertz CT molecular complexity index is 1190. The van der Waals surface area contributed by atoms with Crippen LogP contribution >= 0.6 is 0 Å². The molecule has 0 spiro atoms. The zero-order chi connectivity index (χ0) is 23.2. The van der Waals surface area contributed by atoms with Gasteiger partial charge in [0.05, 0.1) is 17.6 Å². The molecule has 1 heterocycles. The maximum atomic E-state index is 6.18. The second-order valence-corrected chi connectivity index (χ2v) is 9.01. The van der Waals surface area contributed by atoms with E-state index in [1.165, 1.54) is 11.1 Å². The molecule has 4 aromatic rings. The molecule has 0 radical (unpaired) electrons. The summed E-state index contributed by atoms with van der Waals surface area (Å²) in [5.41, 5.74) is 5.84. The third-order valence-corrected chi connectivity index (χ3v) is 6.03. The van der Waals surface area contributed by atoms with Gasteiger partial charge in [0.15, 0.2) is 0 Å². The van der Waals surface area contributed by atoms with Crippen molar-refractivity contribution in [3.63, 3.8) is 0 Å². The van der Waals surface area contributed by atoms with E-state index in [0.29, 0.717) is 19.1 Å². The van der Waals surface area contributed by atoms with Gasteiger partial charge >= 0.3 is 0 Å². The number of aromatic nitrogens is 2. The smallest absolute Gasteiger partial charge is 0.147 e. The number of fused-ring (bicyclic) bond motifs is 1. The molecule has 0 atom stereocenters. The molecule has 0 saturated carbocycles. The molecule has 0 unspecified atom stereocenters. The Morgan fingerprint density at radius 3 is 2.45 bits per heavy atom. The molecule has 3 aromatic carbocycles. The van der Waals surface area contributed by atoms with Crippen LogP contribution in [-0.4, -0.2) is 16.2 Å². The molecule has 0 aliphatic heterocycles. The fraction of sp³-hybridized carbons (Fsp3) is 0.345. The van der Waals surface area contributed by atoms with Crippen molar-refractivity contribution in [1.82, 2.24) is 9.55 Å². The van der Waals surface area contributed by atoms with Gasteiger partial charge in [0.25, 0.3) is 0 Å². The molecule has 0 aliphatic rings. The van der Waals surface area contributed by atoms with Gasteiger partial charge in [-0.3, -0.25) is 0 Å². The van der Waals surface area contributed by atoms with Crippen molar-refractivity contribution < 1.29 is 9.47 Å². The SMILES string of the molecule is Cc1ccc(C)c(OCc2nc3ccccc3n2CCCCOc2ccc(C(C)C)cc2)c1. The number of benzene rings is 3. The maximum absolute atomic E-state index is 6.18. The van der Waals surface area contributed by atoms with Crippen molar-refractivity contribution in [3.8, 4) is 11.5 Å². The van der Waals surface area contributed by atoms with E-state index >= 15 is 0 Å². The van der Waals surface area contributed by atoms with E-state index in [1.807, 2.05) is 6.07 Å². The van der Waals surface area contributed by atoms with E-state index in [1.54, 1.807) is 0 Å². The summed E-state index contributed by atoms with van der Waals surface area (Å²) in [6, 6.07) is 23.1. The molecular weight excluding hydrogens is 408 g/mol. The van der Waals surface area contributed by atoms with Crippen LogP contribution in [0.4, 0.5) is 0 Å². The quantitative estimate of drug-likeness (QED) is 0.243. The highest BCUT2D eigenvalue weighted by atomic mass is 16.5. The highest BCUT2D eigenvalue weighted by Crippen LogP contribution is 2.23. The maximum Gasteiger partial charge on any atom is 0.147 e. The molecule has 0 N–H and O–H groups in total. The second-order valence-electron chi connectivity index (χ2n) is 9.01. The number of rotatable bonds is 10. The van der Waals surface area contributed by atoms with Crippen LogP contribution in [0, 0.1) is 13.8 Å². The number of hydrogen-bond acceptors (Lipinski definition) is 3. The summed E-state index contributed by atoms with van der Waals surface area (Å²) >= 11 is 0. The number of imidazole rings is 1. The fourth-order valence-electron chi connectivity index (χ4n) is 4.00. The molecule has 0 amide bonds. The predicted octanol–water partition coefficient (Wildman–Crippen LogP) is 7.21. The highest BCUT2D eigenvalue weighted by molar-refractivity contribution is 5.75. The molecule has 0 fully saturated rings. The summed E-state index contributed by atoms with van der Waals surface area (Å²) in [6.45, 7) is 10.6. The first-order valence-corrected chi connectivity index (χ1v) is 11.9. The van der Waals surface area contributed by atoms with Crippen LogP contribution in [0.1, 0.15) is 55.1 Å². The summed E-state index contributed by atoms with van der Waals surface area (Å²) < 4.78 is 14.4. The Kier molecular flexibility index (Phi) is 7.33. The molecule has 4 rings (SSSR count). The predicted molar refractivity (Wildman–Crippen MR) is 135 cm³/mol. The standard InChI is InChI=1S/C29H34N2O2/c1-21(2)24-13-15-25(16-14-24)32-18-8-7-17-31-27-10-6-5-9-26(27)30-29(31)20-33-28-19-22(3)11-12-23(28)4/h5-6,9-16,19,21H,7-8,17-18,20H2,1-4H3. The van der Waals surface area contributed by atoms with E-state index in [4.69, 9.17) is 14.5 Å². The Morgan fingerprint density at radius 2 is 1.67 bits per heavy atom. The van der Waals surface area contributed by atoms with Crippen molar-refractivity contribution in [3.05, 3.63) is 89.2 Å². The van der Waals surface area contributed by atoms with Gasteiger partial charge in [-0.25, -0.2) is 4.98 Å². The number of nitrogens with zero attached hydrogens (tertiary/aromatic N) is 2. The van der Waals surface area contributed by atoms with Gasteiger partial charge < -0.3 is 14.0 Å². The van der Waals surface area contributed by atoms with Crippen LogP contribution in [0.5, 0.6) is 11.5 Å². The molecular formula is C29H34N2O2. The lowest BCUT2D eigenvalue weighted by Crippen LogP contribution is -2.09. The third-order valence-electron chi connectivity index (χ3n) is 6.03. The van der Waals surface area contributed by atoms with E-state index < -0.39 is 0 Å². The first kappa shape index (κ1) is 22.9. The lowest BCUT2D eigenvalue weighted by molar-refractivity contribution is 0.283. The summed E-state index contributed by atoms with van der Waals surface area (Å²) in [4.78, 5) is 4.86. The van der Waals surface area contributed by atoms with Gasteiger partial charge in [-0.05, 0) is 79.6 Å². The molecule has 0 bridgehead atoms. The Hall–Kier alpha value is -3.27. The molecule has 172 valence electrons. The normalized spacial score (nSPS) is 11.3. The Labute approximate surface area is 197 Å². The number of aryl methyl sites for hydroxylation is 3. The molecule has 4 nitrogen and oxygen atoms in total. The lowest BCUT2D eigenvalue weighted by Gasteiger charge is -2.13. The first-order chi connectivity index (χ1) is 16.0. The summed E-state index contributed by atoms with van der Waals surface area (Å²) in [5, 5.41) is 0. The Morgan fingerprint density at radius 1 is 0.879 bits per heavy atom. The van der Waals surface area contributed by atoms with Crippen LogP contribution in [0.25, 0.3) is 11.0 Å². The third kappa shape index (κ3) is 5.75. The monoisotopic (exact) mass is 442 g/mol. The first-order valence-electron chi connectivity index (χ1n) is 11.9. The minimum Gasteiger partial charge on any atom is -0.494 e. The molecule has 33 heavy (non-hydrogen) atoms. The van der Waals surface area contributed by atoms with Crippen LogP contribution < -0.4 is 9.47 Å². The number of hydrogen-bond donors (Lipinski definition) is 0. The Balaban J connectivity index is 1.37. The average molecular weight is 443 g/mol. The molecule has 4 heteroatoms. The molecule has 0 saturated heterocycles. The van der Waals surface area contributed by atoms with Crippen LogP contribution in [0.2, 0.25) is 0 Å². The summed E-state index contributed by atoms with van der Waals surface area (Å²) in [7, 11) is 0. The topological polar surface area (TPSA) is 36.3 Å². The molecule has 1 aromatic heterocycles. The van der Waals surface area contributed by atoms with Crippen molar-refractivity contribution in [2.24, 2.45) is 0 Å². The van der Waals surface area contributed by atoms with Crippen molar-refractivity contribution in [1.29, 1.82) is 0 Å². The summed E-state index contributed by atoms with van der Waals surface area (Å²) in [6.07, 6.45) is 2.00. The van der Waals surface area contributed by atoms with E-state index in [-0.39, 0.29) is 0 Å². The van der Waals surface area contributed by atoms with Gasteiger partial charge in [0.2, 0.25) is 0 Å². The van der Waals surface area contributed by atoms with Gasteiger partial charge in [-0.2, -0.15) is 0 Å². The van der Waals surface area contributed by atoms with Gasteiger partial charge in [-0.1, -0.05) is 50.2 Å². The fourth-order valence-corrected chi connectivity index (χ4v) is 4.00. The van der Waals surface area contributed by atoms with Crippen LogP contribution in [0.3, 0.4) is 0 Å². The summed E-state index contributed by atoms with van der Waals surface area (Å²) in [5.74, 6) is 3.36. The zero-order valence-electron chi connectivity index (χ0n) is 20.2. The number of unbranched alkanes of at least 4 members (excludes halogenated alkanes) is 1. The largest absolute Gasteiger partial charge is 0.494 e. The minimum absolute atomic E-state index is 0.456. The van der Waals surface area contributed by atoms with E-state index in [0.717, 1.165) is 53.3 Å². The van der Waals surface area contributed by atoms with Crippen molar-refractivity contribution >= 4 is 11.0 Å².